The lowest BCUT2D eigenvalue weighted by Gasteiger charge is -2.30. The Kier molecular flexibility index (Phi) is 61.7. The predicted molar refractivity (Wildman–Crippen MR) is 349 cm³/mol. The first-order valence-corrected chi connectivity index (χ1v) is 37.1. The predicted octanol–water partition coefficient (Wildman–Crippen LogP) is 22.0. The van der Waals surface area contributed by atoms with E-state index in [1.54, 1.807) is 0 Å². The molecule has 0 aromatic rings. The molecule has 0 radical (unpaired) electrons. The molecule has 3 atom stereocenters. The van der Waals surface area contributed by atoms with Crippen molar-refractivity contribution in [2.24, 2.45) is 0 Å². The van der Waals surface area contributed by atoms with Gasteiger partial charge in [0.25, 0.3) is 7.82 Å². The first-order chi connectivity index (χ1) is 39.0. The molecule has 0 saturated carbocycles. The number of aliphatic hydroxyl groups excluding tert-OH is 1. The number of hydrogen-bond acceptors (Lipinski definition) is 6. The van der Waals surface area contributed by atoms with Crippen molar-refractivity contribution < 1.29 is 32.9 Å². The van der Waals surface area contributed by atoms with E-state index >= 15 is 0 Å². The Morgan fingerprint density at radius 3 is 1.04 bits per heavy atom. The van der Waals surface area contributed by atoms with Crippen molar-refractivity contribution in [1.82, 2.24) is 5.32 Å². The third kappa shape index (κ3) is 64.5. The van der Waals surface area contributed by atoms with Gasteiger partial charge in [0.05, 0.1) is 39.9 Å². The van der Waals surface area contributed by atoms with Crippen molar-refractivity contribution in [2.45, 2.75) is 386 Å². The second kappa shape index (κ2) is 62.5. The molecule has 0 aliphatic heterocycles. The third-order valence-electron chi connectivity index (χ3n) is 16.7. The standard InChI is InChI=1S/C71H141N2O6P/c1-6-8-10-12-14-16-18-20-22-24-26-28-30-32-34-36-38-40-42-44-46-48-50-52-54-56-58-60-62-64-70(74)69(68-79-80(76,77)78-67-66-73(3,4)5)72-71(75)65-63-61-59-57-55-53-51-49-47-45-43-41-39-37-35-33-31-29-27-25-23-21-19-17-15-13-11-9-7-2/h19,21,25,27,69-70,74H,6-18,20,22-24,26,28-68H2,1-5H3,(H-,72,75,76,77)/b21-19-,27-25-. The highest BCUT2D eigenvalue weighted by molar-refractivity contribution is 7.45. The van der Waals surface area contributed by atoms with Crippen LogP contribution >= 0.6 is 7.82 Å². The van der Waals surface area contributed by atoms with E-state index in [1.165, 1.54) is 302 Å². The Morgan fingerprint density at radius 1 is 0.438 bits per heavy atom. The average molecular weight is 1150 g/mol. The number of phosphoric ester groups is 1. The van der Waals surface area contributed by atoms with Gasteiger partial charge in [-0.3, -0.25) is 9.36 Å². The molecule has 2 N–H and O–H groups in total. The van der Waals surface area contributed by atoms with Crippen molar-refractivity contribution in [3.05, 3.63) is 24.3 Å². The molecule has 9 heteroatoms. The Balaban J connectivity index is 4.00. The molecule has 0 aliphatic carbocycles. The number of quaternary nitrogens is 1. The van der Waals surface area contributed by atoms with Crippen molar-refractivity contribution >= 4 is 13.7 Å². The highest BCUT2D eigenvalue weighted by Gasteiger charge is 2.24. The number of carbonyl (C=O) groups excluding carboxylic acids is 1. The molecular weight excluding hydrogens is 1010 g/mol. The molecule has 0 heterocycles. The van der Waals surface area contributed by atoms with Gasteiger partial charge in [-0.05, 0) is 44.9 Å². The van der Waals surface area contributed by atoms with Gasteiger partial charge in [-0.25, -0.2) is 0 Å². The number of carbonyl (C=O) groups is 1. The summed E-state index contributed by atoms with van der Waals surface area (Å²) in [5, 5.41) is 14.1. The molecule has 0 fully saturated rings. The molecule has 0 spiro atoms. The van der Waals surface area contributed by atoms with Crippen molar-refractivity contribution in [3.63, 3.8) is 0 Å². The van der Waals surface area contributed by atoms with Crippen LogP contribution in [-0.4, -0.2) is 68.5 Å². The van der Waals surface area contributed by atoms with Crippen LogP contribution in [0.2, 0.25) is 0 Å². The van der Waals surface area contributed by atoms with Gasteiger partial charge in [-0.15, -0.1) is 0 Å². The summed E-state index contributed by atoms with van der Waals surface area (Å²) in [4.78, 5) is 25.7. The molecule has 0 aliphatic rings. The third-order valence-corrected chi connectivity index (χ3v) is 17.7. The summed E-state index contributed by atoms with van der Waals surface area (Å²) in [7, 11) is 1.32. The van der Waals surface area contributed by atoms with Gasteiger partial charge in [-0.1, -0.05) is 346 Å². The first kappa shape index (κ1) is 79.0. The van der Waals surface area contributed by atoms with E-state index in [2.05, 4.69) is 43.5 Å². The monoisotopic (exact) mass is 1150 g/mol. The zero-order valence-electron chi connectivity index (χ0n) is 54.6. The van der Waals surface area contributed by atoms with Crippen LogP contribution in [0.25, 0.3) is 0 Å². The van der Waals surface area contributed by atoms with Crippen LogP contribution in [0.5, 0.6) is 0 Å². The fraction of sp³-hybridized carbons (Fsp3) is 0.930. The van der Waals surface area contributed by atoms with Gasteiger partial charge in [0, 0.05) is 6.42 Å². The van der Waals surface area contributed by atoms with Crippen molar-refractivity contribution in [2.75, 3.05) is 40.9 Å². The van der Waals surface area contributed by atoms with E-state index in [0.29, 0.717) is 23.9 Å². The second-order valence-electron chi connectivity index (χ2n) is 26.0. The van der Waals surface area contributed by atoms with Crippen molar-refractivity contribution in [3.8, 4) is 0 Å². The normalized spacial score (nSPS) is 13.7. The lowest BCUT2D eigenvalue weighted by Crippen LogP contribution is -2.46. The van der Waals surface area contributed by atoms with Gasteiger partial charge in [-0.2, -0.15) is 0 Å². The first-order valence-electron chi connectivity index (χ1n) is 35.7. The van der Waals surface area contributed by atoms with E-state index < -0.39 is 20.0 Å². The lowest BCUT2D eigenvalue weighted by molar-refractivity contribution is -0.870. The number of allylic oxidation sites excluding steroid dienone is 4. The molecular formula is C71H141N2O6P. The molecule has 0 rings (SSSR count). The average Bonchev–Trinajstić information content (AvgIpc) is 3.42. The minimum absolute atomic E-state index is 0.0148. The van der Waals surface area contributed by atoms with Crippen LogP contribution in [0, 0.1) is 0 Å². The second-order valence-corrected chi connectivity index (χ2v) is 27.4. The Hall–Kier alpha value is -1.02. The van der Waals surface area contributed by atoms with E-state index in [-0.39, 0.29) is 19.1 Å². The quantitative estimate of drug-likeness (QED) is 0.0272. The molecule has 0 bridgehead atoms. The lowest BCUT2D eigenvalue weighted by atomic mass is 10.0. The summed E-state index contributed by atoms with van der Waals surface area (Å²) in [6.45, 7) is 4.78. The van der Waals surface area contributed by atoms with Crippen LogP contribution < -0.4 is 10.2 Å². The highest BCUT2D eigenvalue weighted by atomic mass is 31.2. The maximum absolute atomic E-state index is 13.1. The number of nitrogens with one attached hydrogen (secondary N) is 1. The highest BCUT2D eigenvalue weighted by Crippen LogP contribution is 2.38. The number of nitrogens with zero attached hydrogens (tertiary/aromatic N) is 1. The molecule has 3 unspecified atom stereocenters. The summed E-state index contributed by atoms with van der Waals surface area (Å²) in [5.74, 6) is -0.157. The number of unbranched alkanes of at least 4 members (excludes halogenated alkanes) is 50. The largest absolute Gasteiger partial charge is 0.756 e. The molecule has 476 valence electrons. The van der Waals surface area contributed by atoms with E-state index in [1.807, 2.05) is 21.1 Å². The molecule has 1 amide bonds. The Labute approximate surface area is 500 Å². The number of amides is 1. The van der Waals surface area contributed by atoms with Gasteiger partial charge in [0.15, 0.2) is 0 Å². The topological polar surface area (TPSA) is 108 Å². The summed E-state index contributed by atoms with van der Waals surface area (Å²) in [6.07, 6.45) is 81.1. The Morgan fingerprint density at radius 2 is 0.725 bits per heavy atom. The van der Waals surface area contributed by atoms with Gasteiger partial charge in [0.1, 0.15) is 13.2 Å². The number of aliphatic hydroxyl groups is 1. The zero-order valence-corrected chi connectivity index (χ0v) is 55.5. The maximum atomic E-state index is 13.1. The number of rotatable bonds is 67. The summed E-state index contributed by atoms with van der Waals surface area (Å²) < 4.78 is 23.6. The van der Waals surface area contributed by atoms with Gasteiger partial charge < -0.3 is 28.8 Å². The number of phosphoric acid groups is 1. The summed E-state index contributed by atoms with van der Waals surface area (Å²) >= 11 is 0. The minimum Gasteiger partial charge on any atom is -0.756 e. The van der Waals surface area contributed by atoms with E-state index in [9.17, 15) is 19.4 Å². The maximum Gasteiger partial charge on any atom is 0.268 e. The fourth-order valence-corrected chi connectivity index (χ4v) is 11.9. The van der Waals surface area contributed by atoms with Crippen molar-refractivity contribution in [1.29, 1.82) is 0 Å². The summed E-state index contributed by atoms with van der Waals surface area (Å²) in [6, 6.07) is -0.800. The Bertz CT molecular complexity index is 1350. The SMILES string of the molecule is CCCCCCC/C=C\C/C=C\CCCCCCCCCCCCCCCCCCCC(=O)NC(COP(=O)([O-])OCC[N+](C)(C)C)C(O)CCCCCCCCCCCCCCCCCCCCCCCCCCCCCCC. The van der Waals surface area contributed by atoms with E-state index in [0.717, 1.165) is 44.9 Å². The van der Waals surface area contributed by atoms with Crippen LogP contribution in [0.3, 0.4) is 0 Å². The molecule has 0 aromatic heterocycles. The van der Waals surface area contributed by atoms with Crippen LogP contribution in [0.15, 0.2) is 24.3 Å². The smallest absolute Gasteiger partial charge is 0.268 e. The zero-order chi connectivity index (χ0) is 58.4. The molecule has 80 heavy (non-hydrogen) atoms. The number of likely N-dealkylation sites (N-methyl/N-ethyl adjacent to an activating group) is 1. The van der Waals surface area contributed by atoms with Gasteiger partial charge >= 0.3 is 0 Å². The molecule has 0 saturated heterocycles. The van der Waals surface area contributed by atoms with Crippen LogP contribution in [0.4, 0.5) is 0 Å². The fourth-order valence-electron chi connectivity index (χ4n) is 11.1. The van der Waals surface area contributed by atoms with Crippen LogP contribution in [-0.2, 0) is 18.4 Å². The molecule has 0 aromatic carbocycles. The minimum atomic E-state index is -4.58. The molecule has 8 nitrogen and oxygen atoms in total. The van der Waals surface area contributed by atoms with E-state index in [4.69, 9.17) is 9.05 Å². The number of hydrogen-bond donors (Lipinski definition) is 2. The van der Waals surface area contributed by atoms with Gasteiger partial charge in [0.2, 0.25) is 5.91 Å². The summed E-state index contributed by atoms with van der Waals surface area (Å²) in [5.41, 5.74) is 0. The van der Waals surface area contributed by atoms with Crippen LogP contribution in [0.1, 0.15) is 373 Å².